The van der Waals surface area contributed by atoms with E-state index in [9.17, 15) is 91.6 Å². The number of azo groups is 2. The Labute approximate surface area is 494 Å². The van der Waals surface area contributed by atoms with Crippen LogP contribution in [0.4, 0.5) is 87.7 Å². The molecule has 0 radical (unpaired) electrons. The van der Waals surface area contributed by atoms with Crippen molar-refractivity contribution < 1.29 is 91.6 Å². The largest absolute Gasteiger partial charge is 0.352 e. The lowest BCUT2D eigenvalue weighted by Crippen LogP contribution is -2.32. The van der Waals surface area contributed by atoms with E-state index in [2.05, 4.69) is 94.2 Å². The average Bonchev–Trinajstić information content (AvgIpc) is 1.19. The molecule has 0 saturated heterocycles. The topological polar surface area (TPSA) is 577 Å². The van der Waals surface area contributed by atoms with Gasteiger partial charge in [-0.05, 0) is 91.2 Å². The van der Waals surface area contributed by atoms with Gasteiger partial charge in [-0.25, -0.2) is 18.0 Å². The number of halogens is 2. The van der Waals surface area contributed by atoms with E-state index in [1.807, 2.05) is 0 Å². The lowest BCUT2D eigenvalue weighted by molar-refractivity contribution is 0.252. The first-order valence-corrected chi connectivity index (χ1v) is 32.3. The summed E-state index contributed by atoms with van der Waals surface area (Å²) >= 11 is 0. The predicted molar refractivity (Wildman–Crippen MR) is 303 cm³/mol. The highest BCUT2D eigenvalue weighted by molar-refractivity contribution is 7.94. The third-order valence-corrected chi connectivity index (χ3v) is 16.6. The molecule has 2 heterocycles. The van der Waals surface area contributed by atoms with E-state index < -0.39 is 162 Å². The zero-order valence-electron chi connectivity index (χ0n) is 43.7. The zero-order chi connectivity index (χ0) is 64.9. The van der Waals surface area contributed by atoms with Gasteiger partial charge in [-0.1, -0.05) is 6.58 Å². The Morgan fingerprint density at radius 3 is 1.58 bits per heavy atom. The minimum absolute atomic E-state index is 0.00599. The van der Waals surface area contributed by atoms with Crippen molar-refractivity contribution in [2.75, 3.05) is 50.7 Å². The van der Waals surface area contributed by atoms with E-state index in [4.69, 9.17) is 5.73 Å². The number of carbonyl (C=O) groups excluding carboxylic acids is 2. The monoisotopic (exact) mass is 1340 g/mol. The van der Waals surface area contributed by atoms with Crippen LogP contribution in [0.3, 0.4) is 0 Å². The van der Waals surface area contributed by atoms with Crippen LogP contribution >= 0.6 is 0 Å². The number of hydrogen-bond donors (Lipinski definition) is 13. The summed E-state index contributed by atoms with van der Waals surface area (Å²) in [5, 5.41) is 32.5. The Bertz CT molecular complexity index is 4790. The van der Waals surface area contributed by atoms with Crippen molar-refractivity contribution in [2.45, 2.75) is 37.4 Å². The number of amides is 4. The molecule has 5 aromatic carbocycles. The number of hydrogen-bond acceptors (Lipinski definition) is 28. The van der Waals surface area contributed by atoms with Gasteiger partial charge in [0.15, 0.2) is 9.84 Å². The molecule has 0 saturated carbocycles. The van der Waals surface area contributed by atoms with Crippen LogP contribution < -0.4 is 43.0 Å². The Balaban J connectivity index is 1.07. The van der Waals surface area contributed by atoms with E-state index in [-0.39, 0.29) is 52.6 Å². The van der Waals surface area contributed by atoms with Crippen LogP contribution in [-0.2, 0) is 60.4 Å². The van der Waals surface area contributed by atoms with Crippen LogP contribution in [0.15, 0.2) is 136 Å². The van der Waals surface area contributed by atoms with Crippen LogP contribution in [0.25, 0.3) is 10.8 Å². The van der Waals surface area contributed by atoms with Crippen molar-refractivity contribution in [2.24, 2.45) is 26.2 Å². The number of benzene rings is 5. The summed E-state index contributed by atoms with van der Waals surface area (Å²) in [5.74, 6) is -2.24. The molecule has 0 aliphatic rings. The smallest absolute Gasteiger partial charge is 0.319 e. The zero-order valence-corrected chi connectivity index (χ0v) is 48.6. The highest BCUT2D eigenvalue weighted by atomic mass is 32.2. The minimum Gasteiger partial charge on any atom is -0.352 e. The molecule has 0 aliphatic carbocycles. The summed E-state index contributed by atoms with van der Waals surface area (Å²) in [4.78, 5) is 42.2. The van der Waals surface area contributed by atoms with Gasteiger partial charge in [0.1, 0.15) is 37.4 Å². The van der Waals surface area contributed by atoms with Gasteiger partial charge in [0.25, 0.3) is 50.6 Å². The Kier molecular flexibility index (Phi) is 19.3. The van der Waals surface area contributed by atoms with E-state index in [0.717, 1.165) is 30.3 Å². The van der Waals surface area contributed by atoms with E-state index in [1.54, 1.807) is 0 Å². The molecular weight excluding hydrogens is 1300 g/mol. The van der Waals surface area contributed by atoms with E-state index >= 15 is 0 Å². The number of rotatable bonds is 24. The van der Waals surface area contributed by atoms with Crippen LogP contribution in [-0.4, -0.2) is 140 Å². The van der Waals surface area contributed by atoms with Gasteiger partial charge < -0.3 is 43.0 Å². The second-order valence-electron chi connectivity index (χ2n) is 17.4. The normalized spacial score (nSPS) is 12.8. The summed E-state index contributed by atoms with van der Waals surface area (Å²) in [6.45, 7) is 4.12. The van der Waals surface area contributed by atoms with Gasteiger partial charge in [-0.15, -0.1) is 20.5 Å². The van der Waals surface area contributed by atoms with Gasteiger partial charge in [-0.3, -0.25) is 22.8 Å². The molecule has 1 atom stereocenters. The summed E-state index contributed by atoms with van der Waals surface area (Å²) in [7, 11) is -29.6. The molecular formula is C43H40F2N18O19S6. The van der Waals surface area contributed by atoms with Crippen LogP contribution in [0.2, 0.25) is 0 Å². The summed E-state index contributed by atoms with van der Waals surface area (Å²) < 4.78 is 223. The van der Waals surface area contributed by atoms with Crippen molar-refractivity contribution in [3.05, 3.63) is 103 Å². The maximum Gasteiger partial charge on any atom is 0.319 e. The van der Waals surface area contributed by atoms with Crippen molar-refractivity contribution in [1.82, 2.24) is 35.2 Å². The van der Waals surface area contributed by atoms with Crippen molar-refractivity contribution in [3.8, 4) is 0 Å². The maximum absolute atomic E-state index is 14.9. The number of nitrogens with one attached hydrogen (secondary N) is 7. The average molecular weight is 1340 g/mol. The molecule has 7 aromatic rings. The number of primary amides is 1. The van der Waals surface area contributed by atoms with E-state index in [1.165, 1.54) is 25.1 Å². The number of sulfone groups is 1. The van der Waals surface area contributed by atoms with Gasteiger partial charge in [0, 0.05) is 41.3 Å². The number of fused-ring (bicyclic) bond motifs is 1. The van der Waals surface area contributed by atoms with E-state index in [0.29, 0.717) is 35.7 Å². The second kappa shape index (κ2) is 25.8. The van der Waals surface area contributed by atoms with Gasteiger partial charge in [0.05, 0.1) is 26.9 Å². The minimum atomic E-state index is -5.29. The van der Waals surface area contributed by atoms with Gasteiger partial charge in [0.2, 0.25) is 23.8 Å². The van der Waals surface area contributed by atoms with Gasteiger partial charge >= 0.3 is 24.2 Å². The quantitative estimate of drug-likeness (QED) is 0.0276. The summed E-state index contributed by atoms with van der Waals surface area (Å²) in [6.07, 6.45) is -2.66. The molecule has 37 nitrogen and oxygen atoms in total. The molecule has 88 heavy (non-hydrogen) atoms. The maximum atomic E-state index is 14.9. The molecule has 7 rings (SSSR count). The fourth-order valence-corrected chi connectivity index (χ4v) is 10.9. The third-order valence-electron chi connectivity index (χ3n) is 11.0. The molecule has 2 aromatic heterocycles. The number of urea groups is 2. The SMILES string of the molecule is C=CS(=O)(=O)CCNC(=O)Nc1cc(Nc2nc(F)nc(NC(C)CNc3nc(F)nc(Nc4ccc(N=Nc5cc6c(S(=O)(=O)O)cc(S(=O)(=O)O)cc6cc5S(=O)(=O)O)c(NC(N)=O)c4)n3)n2)ccc1N=Nc1ccc(S(=O)(=O)O)cc1S(=O)(=O)O. The van der Waals surface area contributed by atoms with Gasteiger partial charge in [-0.2, -0.15) is 80.8 Å². The molecule has 45 heteroatoms. The number of nitrogens with two attached hydrogens (primary N) is 1. The Hall–Kier alpha value is -9.58. The molecule has 4 amide bonds. The number of anilines is 8. The second-order valence-corrected chi connectivity index (χ2v) is 26.5. The summed E-state index contributed by atoms with van der Waals surface area (Å²) in [5.41, 5.74) is 2.79. The fourth-order valence-electron chi connectivity index (χ4n) is 7.15. The van der Waals surface area contributed by atoms with Crippen LogP contribution in [0.1, 0.15) is 6.92 Å². The Morgan fingerprint density at radius 2 is 1.05 bits per heavy atom. The highest BCUT2D eigenvalue weighted by Crippen LogP contribution is 2.38. The molecule has 0 bridgehead atoms. The number of nitrogens with zero attached hydrogens (tertiary/aromatic N) is 10. The molecule has 1 unspecified atom stereocenters. The fraction of sp³-hybridized carbons (Fsp3) is 0.116. The first-order valence-electron chi connectivity index (χ1n) is 23.4. The first-order chi connectivity index (χ1) is 40.8. The van der Waals surface area contributed by atoms with Crippen LogP contribution in [0, 0.1) is 12.2 Å². The third kappa shape index (κ3) is 17.8. The standard InChI is InChI=1S/C43H40F2N18O19S6/c1-3-83(66,67)11-10-47-43(65)53-31-15-23(5-8-28(31)60-62-29-9-6-24(84(68,69)70)16-35(29)88(80,81)82)51-42-57-37(45)55-40(59-42)49-20(2)19-48-39-54-36(44)56-41(58-39)50-22-4-7-27(30(14-22)52-38(46)64)61-63-32-18-26-21(13-34(32)87(77,78)79)12-25(85(71,72)73)17-33(26)86(74,75)76/h3-9,12-18,20H,1,10-11,19H2,2H3,(H3,46,52,64)(H2,47,53,65)(H,68,69,70)(H,71,72,73)(H,74,75,76)(H,77,78,79)(H,80,81,82)(H2,48,50,54,56,58)(H2,49,51,55,57,59). The van der Waals surface area contributed by atoms with Crippen LogP contribution in [0.5, 0.6) is 0 Å². The lowest BCUT2D eigenvalue weighted by Gasteiger charge is -2.16. The molecule has 0 spiro atoms. The molecule has 0 fully saturated rings. The number of carbonyl (C=O) groups is 2. The summed E-state index contributed by atoms with van der Waals surface area (Å²) in [6, 6.07) is 8.28. The van der Waals surface area contributed by atoms with Crippen molar-refractivity contribution in [3.63, 3.8) is 0 Å². The molecule has 14 N–H and O–H groups in total. The number of aromatic nitrogens is 6. The van der Waals surface area contributed by atoms with Crippen molar-refractivity contribution in [1.29, 1.82) is 0 Å². The molecule has 466 valence electrons. The lowest BCUT2D eigenvalue weighted by atomic mass is 10.1. The predicted octanol–water partition coefficient (Wildman–Crippen LogP) is 5.12. The highest BCUT2D eigenvalue weighted by Gasteiger charge is 2.26. The van der Waals surface area contributed by atoms with Crippen molar-refractivity contribution >= 4 is 153 Å². The molecule has 0 aliphatic heterocycles. The Morgan fingerprint density at radius 1 is 0.568 bits per heavy atom. The first kappa shape index (κ1) is 66.0.